The molecule has 0 aliphatic heterocycles. The highest BCUT2D eigenvalue weighted by molar-refractivity contribution is 6.30. The molecule has 6 heteroatoms. The van der Waals surface area contributed by atoms with Crippen LogP contribution in [0, 0.1) is 0 Å². The minimum atomic E-state index is -0.728. The van der Waals surface area contributed by atoms with Crippen LogP contribution in [0.4, 0.5) is 10.5 Å². The Hall–Kier alpha value is -2.53. The van der Waals surface area contributed by atoms with E-state index in [1.54, 1.807) is 31.2 Å². The molecule has 0 aliphatic rings. The zero-order valence-corrected chi connectivity index (χ0v) is 13.3. The van der Waals surface area contributed by atoms with Crippen molar-refractivity contribution in [1.29, 1.82) is 0 Å². The number of alkyl carbamates (subject to hydrolysis) is 1. The second kappa shape index (κ2) is 8.19. The molecule has 1 atom stereocenters. The maximum Gasteiger partial charge on any atom is 0.408 e. The summed E-state index contributed by atoms with van der Waals surface area (Å²) in [4.78, 5) is 23.7. The fraction of sp³-hybridized carbons (Fsp3) is 0.176. The van der Waals surface area contributed by atoms with Gasteiger partial charge in [0.1, 0.15) is 12.6 Å². The van der Waals surface area contributed by atoms with Crippen molar-refractivity contribution >= 4 is 29.3 Å². The number of carbonyl (C=O) groups excluding carboxylic acids is 2. The number of hydrogen-bond acceptors (Lipinski definition) is 3. The van der Waals surface area contributed by atoms with E-state index in [2.05, 4.69) is 10.6 Å². The van der Waals surface area contributed by atoms with Crippen molar-refractivity contribution in [2.75, 3.05) is 5.32 Å². The summed E-state index contributed by atoms with van der Waals surface area (Å²) in [5.41, 5.74) is 1.48. The van der Waals surface area contributed by atoms with Gasteiger partial charge >= 0.3 is 6.09 Å². The second-order valence-electron chi connectivity index (χ2n) is 4.92. The summed E-state index contributed by atoms with van der Waals surface area (Å²) in [6, 6.07) is 15.3. The Labute approximate surface area is 139 Å². The molecule has 0 fully saturated rings. The summed E-state index contributed by atoms with van der Waals surface area (Å²) >= 11 is 5.78. The molecule has 0 aromatic heterocycles. The lowest BCUT2D eigenvalue weighted by Gasteiger charge is -2.14. The van der Waals surface area contributed by atoms with E-state index in [4.69, 9.17) is 16.3 Å². The van der Waals surface area contributed by atoms with Gasteiger partial charge in [0.05, 0.1) is 0 Å². The highest BCUT2D eigenvalue weighted by atomic mass is 35.5. The minimum absolute atomic E-state index is 0.151. The van der Waals surface area contributed by atoms with Gasteiger partial charge in [-0.15, -0.1) is 0 Å². The van der Waals surface area contributed by atoms with Crippen molar-refractivity contribution < 1.29 is 14.3 Å². The zero-order chi connectivity index (χ0) is 16.7. The molecule has 2 aromatic carbocycles. The lowest BCUT2D eigenvalue weighted by atomic mass is 10.2. The predicted octanol–water partition coefficient (Wildman–Crippen LogP) is 3.59. The number of rotatable bonds is 5. The molecule has 0 radical (unpaired) electrons. The van der Waals surface area contributed by atoms with Gasteiger partial charge in [-0.25, -0.2) is 4.79 Å². The maximum absolute atomic E-state index is 12.0. The molecule has 2 rings (SSSR count). The molecule has 0 aliphatic carbocycles. The standard InChI is InChI=1S/C17H17ClN2O3/c1-12(16(21)20-15-9-7-14(18)8-10-15)19-17(22)23-11-13-5-3-2-4-6-13/h2-10,12H,11H2,1H3,(H,19,22)(H,20,21)/t12-/m1/s1. The van der Waals surface area contributed by atoms with Gasteiger partial charge in [-0.1, -0.05) is 41.9 Å². The highest BCUT2D eigenvalue weighted by Crippen LogP contribution is 2.13. The lowest BCUT2D eigenvalue weighted by Crippen LogP contribution is -2.41. The van der Waals surface area contributed by atoms with Gasteiger partial charge in [0.2, 0.25) is 5.91 Å². The van der Waals surface area contributed by atoms with Gasteiger partial charge in [0, 0.05) is 10.7 Å². The molecule has 0 saturated heterocycles. The Morgan fingerprint density at radius 2 is 1.74 bits per heavy atom. The Morgan fingerprint density at radius 3 is 2.39 bits per heavy atom. The average molecular weight is 333 g/mol. The van der Waals surface area contributed by atoms with Crippen LogP contribution in [0.1, 0.15) is 12.5 Å². The molecular formula is C17H17ClN2O3. The molecule has 0 unspecified atom stereocenters. The quantitative estimate of drug-likeness (QED) is 0.879. The van der Waals surface area contributed by atoms with Gasteiger partial charge < -0.3 is 15.4 Å². The molecule has 2 aromatic rings. The van der Waals surface area contributed by atoms with Gasteiger partial charge in [-0.2, -0.15) is 0 Å². The van der Waals surface area contributed by atoms with E-state index in [0.29, 0.717) is 10.7 Å². The summed E-state index contributed by atoms with van der Waals surface area (Å²) in [5, 5.41) is 5.74. The normalized spacial score (nSPS) is 11.4. The van der Waals surface area contributed by atoms with Gasteiger partial charge in [-0.3, -0.25) is 4.79 Å². The molecule has 5 nitrogen and oxygen atoms in total. The summed E-state index contributed by atoms with van der Waals surface area (Å²) in [7, 11) is 0. The van der Waals surface area contributed by atoms with E-state index < -0.39 is 12.1 Å². The van der Waals surface area contributed by atoms with Gasteiger partial charge in [0.25, 0.3) is 0 Å². The molecule has 23 heavy (non-hydrogen) atoms. The first kappa shape index (κ1) is 16.8. The molecule has 2 N–H and O–H groups in total. The number of carbonyl (C=O) groups is 2. The van der Waals surface area contributed by atoms with E-state index in [-0.39, 0.29) is 12.5 Å². The monoisotopic (exact) mass is 332 g/mol. The predicted molar refractivity (Wildman–Crippen MR) is 89.3 cm³/mol. The lowest BCUT2D eigenvalue weighted by molar-refractivity contribution is -0.117. The van der Waals surface area contributed by atoms with Crippen molar-refractivity contribution in [3.8, 4) is 0 Å². The first-order valence-electron chi connectivity index (χ1n) is 7.08. The van der Waals surface area contributed by atoms with Crippen molar-refractivity contribution in [2.24, 2.45) is 0 Å². The third kappa shape index (κ3) is 5.64. The van der Waals surface area contributed by atoms with Crippen LogP contribution in [0.2, 0.25) is 5.02 Å². The first-order valence-corrected chi connectivity index (χ1v) is 7.46. The van der Waals surface area contributed by atoms with E-state index in [1.807, 2.05) is 30.3 Å². The Balaban J connectivity index is 1.78. The molecule has 120 valence electrons. The number of nitrogens with one attached hydrogen (secondary N) is 2. The average Bonchev–Trinajstić information content (AvgIpc) is 2.56. The smallest absolute Gasteiger partial charge is 0.408 e. The molecule has 0 heterocycles. The zero-order valence-electron chi connectivity index (χ0n) is 12.6. The molecule has 2 amide bonds. The number of anilines is 1. The second-order valence-corrected chi connectivity index (χ2v) is 5.36. The maximum atomic E-state index is 12.0. The van der Waals surface area contributed by atoms with Crippen molar-refractivity contribution in [1.82, 2.24) is 5.32 Å². The van der Waals surface area contributed by atoms with E-state index in [9.17, 15) is 9.59 Å². The summed E-state index contributed by atoms with van der Waals surface area (Å²) in [6.07, 6.45) is -0.646. The number of halogens is 1. The van der Waals surface area contributed by atoms with Crippen molar-refractivity contribution in [3.05, 3.63) is 65.2 Å². The summed E-state index contributed by atoms with van der Waals surface area (Å²) < 4.78 is 5.07. The van der Waals surface area contributed by atoms with Crippen LogP contribution in [-0.4, -0.2) is 18.0 Å². The van der Waals surface area contributed by atoms with Crippen LogP contribution < -0.4 is 10.6 Å². The Morgan fingerprint density at radius 1 is 1.09 bits per heavy atom. The van der Waals surface area contributed by atoms with E-state index >= 15 is 0 Å². The van der Waals surface area contributed by atoms with Crippen molar-refractivity contribution in [2.45, 2.75) is 19.6 Å². The number of hydrogen-bond donors (Lipinski definition) is 2. The molecular weight excluding hydrogens is 316 g/mol. The van der Waals surface area contributed by atoms with E-state index in [0.717, 1.165) is 5.56 Å². The topological polar surface area (TPSA) is 67.4 Å². The SMILES string of the molecule is C[C@@H](NC(=O)OCc1ccccc1)C(=O)Nc1ccc(Cl)cc1. The van der Waals surface area contributed by atoms with Crippen LogP contribution in [0.5, 0.6) is 0 Å². The fourth-order valence-corrected chi connectivity index (χ4v) is 1.92. The van der Waals surface area contributed by atoms with Crippen LogP contribution >= 0.6 is 11.6 Å². The molecule has 0 bridgehead atoms. The van der Waals surface area contributed by atoms with E-state index in [1.165, 1.54) is 0 Å². The third-order valence-electron chi connectivity index (χ3n) is 3.05. The highest BCUT2D eigenvalue weighted by Gasteiger charge is 2.16. The fourth-order valence-electron chi connectivity index (χ4n) is 1.79. The Kier molecular flexibility index (Phi) is 6.00. The molecule has 0 saturated carbocycles. The first-order chi connectivity index (χ1) is 11.0. The largest absolute Gasteiger partial charge is 0.445 e. The summed E-state index contributed by atoms with van der Waals surface area (Å²) in [6.45, 7) is 1.73. The van der Waals surface area contributed by atoms with Gasteiger partial charge in [0.15, 0.2) is 0 Å². The van der Waals surface area contributed by atoms with Crippen LogP contribution in [0.25, 0.3) is 0 Å². The number of amides is 2. The third-order valence-corrected chi connectivity index (χ3v) is 3.30. The number of benzene rings is 2. The van der Waals surface area contributed by atoms with Crippen LogP contribution in [-0.2, 0) is 16.1 Å². The van der Waals surface area contributed by atoms with Gasteiger partial charge in [-0.05, 0) is 36.8 Å². The van der Waals surface area contributed by atoms with Crippen LogP contribution in [0.3, 0.4) is 0 Å². The molecule has 0 spiro atoms. The van der Waals surface area contributed by atoms with Crippen LogP contribution in [0.15, 0.2) is 54.6 Å². The number of ether oxygens (including phenoxy) is 1. The Bertz CT molecular complexity index is 659. The summed E-state index contributed by atoms with van der Waals surface area (Å²) in [5.74, 6) is -0.344. The minimum Gasteiger partial charge on any atom is -0.445 e. The van der Waals surface area contributed by atoms with Crippen molar-refractivity contribution in [3.63, 3.8) is 0 Å².